The highest BCUT2D eigenvalue weighted by Gasteiger charge is 2.25. The van der Waals surface area contributed by atoms with Crippen LogP contribution in [0.3, 0.4) is 0 Å². The number of thiazole rings is 1. The Bertz CT molecular complexity index is 1150. The van der Waals surface area contributed by atoms with Gasteiger partial charge in [-0.25, -0.2) is 9.78 Å². The third-order valence-electron chi connectivity index (χ3n) is 6.72. The fourth-order valence-corrected chi connectivity index (χ4v) is 5.29. The molecule has 0 atom stereocenters. The number of cyclic esters (lactones) is 1. The van der Waals surface area contributed by atoms with Gasteiger partial charge in [-0.05, 0) is 55.5 Å². The number of amides is 1. The number of hydrogen-bond donors (Lipinski definition) is 1. The SMILES string of the molecule is Cc1c(CCN2CCC(NC(=O)c3ccc(-c4nccs4)cc3)CC2)ccc2c1COC2=O. The van der Waals surface area contributed by atoms with Crippen molar-refractivity contribution in [2.24, 2.45) is 0 Å². The topological polar surface area (TPSA) is 71.5 Å². The van der Waals surface area contributed by atoms with Crippen LogP contribution in [0.2, 0.25) is 0 Å². The molecule has 33 heavy (non-hydrogen) atoms. The van der Waals surface area contributed by atoms with Crippen LogP contribution in [0.25, 0.3) is 10.6 Å². The number of piperidine rings is 1. The second kappa shape index (κ2) is 9.45. The first-order chi connectivity index (χ1) is 16.1. The summed E-state index contributed by atoms with van der Waals surface area (Å²) in [5, 5.41) is 6.12. The van der Waals surface area contributed by atoms with E-state index in [1.807, 2.05) is 35.7 Å². The summed E-state index contributed by atoms with van der Waals surface area (Å²) >= 11 is 1.59. The fraction of sp³-hybridized carbons (Fsp3) is 0.346. The minimum Gasteiger partial charge on any atom is -0.457 e. The largest absolute Gasteiger partial charge is 0.457 e. The van der Waals surface area contributed by atoms with E-state index < -0.39 is 0 Å². The molecule has 0 radical (unpaired) electrons. The van der Waals surface area contributed by atoms with E-state index >= 15 is 0 Å². The zero-order valence-corrected chi connectivity index (χ0v) is 19.5. The number of benzene rings is 2. The van der Waals surface area contributed by atoms with Gasteiger partial charge < -0.3 is 15.0 Å². The molecule has 0 saturated carbocycles. The van der Waals surface area contributed by atoms with Crippen LogP contribution in [-0.4, -0.2) is 47.4 Å². The molecular weight excluding hydrogens is 434 g/mol. The number of fused-ring (bicyclic) bond motifs is 1. The number of carbonyl (C=O) groups excluding carboxylic acids is 2. The van der Waals surface area contributed by atoms with Crippen LogP contribution in [-0.2, 0) is 17.8 Å². The van der Waals surface area contributed by atoms with Gasteiger partial charge in [0.15, 0.2) is 0 Å². The lowest BCUT2D eigenvalue weighted by Crippen LogP contribution is -2.45. The number of nitrogens with one attached hydrogen (secondary N) is 1. The van der Waals surface area contributed by atoms with Crippen LogP contribution in [0, 0.1) is 6.92 Å². The van der Waals surface area contributed by atoms with Crippen molar-refractivity contribution in [3.8, 4) is 10.6 Å². The first-order valence-electron chi connectivity index (χ1n) is 11.4. The molecule has 1 saturated heterocycles. The third kappa shape index (κ3) is 4.70. The van der Waals surface area contributed by atoms with Crippen molar-refractivity contribution < 1.29 is 14.3 Å². The Labute approximate surface area is 197 Å². The van der Waals surface area contributed by atoms with E-state index in [1.165, 1.54) is 11.1 Å². The molecule has 0 spiro atoms. The van der Waals surface area contributed by atoms with Crippen LogP contribution < -0.4 is 5.32 Å². The fourth-order valence-electron chi connectivity index (χ4n) is 4.65. The third-order valence-corrected chi connectivity index (χ3v) is 7.55. The van der Waals surface area contributed by atoms with Gasteiger partial charge in [0.2, 0.25) is 0 Å². The predicted molar refractivity (Wildman–Crippen MR) is 128 cm³/mol. The van der Waals surface area contributed by atoms with Crippen LogP contribution in [0.5, 0.6) is 0 Å². The van der Waals surface area contributed by atoms with Crippen molar-refractivity contribution in [1.29, 1.82) is 0 Å². The molecule has 0 unspecified atom stereocenters. The van der Waals surface area contributed by atoms with Gasteiger partial charge in [0.1, 0.15) is 11.6 Å². The Morgan fingerprint density at radius 1 is 1.18 bits per heavy atom. The minimum atomic E-state index is -0.209. The molecule has 2 aliphatic heterocycles. The van der Waals surface area contributed by atoms with Crippen molar-refractivity contribution in [1.82, 2.24) is 15.2 Å². The van der Waals surface area contributed by atoms with Gasteiger partial charge in [0.25, 0.3) is 5.91 Å². The van der Waals surface area contributed by atoms with Gasteiger partial charge in [0, 0.05) is 53.9 Å². The molecule has 1 N–H and O–H groups in total. The number of esters is 1. The molecule has 0 aliphatic carbocycles. The molecule has 3 heterocycles. The lowest BCUT2D eigenvalue weighted by atomic mass is 9.96. The Morgan fingerprint density at radius 3 is 2.70 bits per heavy atom. The minimum absolute atomic E-state index is 0.00956. The lowest BCUT2D eigenvalue weighted by Gasteiger charge is -2.32. The number of rotatable bonds is 6. The van der Waals surface area contributed by atoms with Gasteiger partial charge in [-0.2, -0.15) is 0 Å². The van der Waals surface area contributed by atoms with E-state index in [4.69, 9.17) is 4.74 Å². The number of aromatic nitrogens is 1. The van der Waals surface area contributed by atoms with E-state index in [0.717, 1.165) is 55.0 Å². The standard InChI is InChI=1S/C26H27N3O3S/c1-17-18(6-7-22-23(17)16-32-26(22)31)8-12-29-13-9-21(10-14-29)28-24(30)19-2-4-20(5-3-19)25-27-11-15-33-25/h2-7,11,15,21H,8-10,12-14,16H2,1H3,(H,28,30). The average Bonchev–Trinajstić information content (AvgIpc) is 3.51. The normalized spacial score (nSPS) is 16.5. The number of nitrogens with zero attached hydrogens (tertiary/aromatic N) is 2. The van der Waals surface area contributed by atoms with Gasteiger partial charge in [-0.3, -0.25) is 4.79 Å². The van der Waals surface area contributed by atoms with Crippen molar-refractivity contribution in [3.05, 3.63) is 75.8 Å². The quantitative estimate of drug-likeness (QED) is 0.557. The summed E-state index contributed by atoms with van der Waals surface area (Å²) < 4.78 is 5.17. The highest BCUT2D eigenvalue weighted by molar-refractivity contribution is 7.13. The molecule has 3 aromatic rings. The van der Waals surface area contributed by atoms with Gasteiger partial charge in [0.05, 0.1) is 5.56 Å². The van der Waals surface area contributed by atoms with E-state index in [2.05, 4.69) is 28.2 Å². The maximum atomic E-state index is 12.7. The second-order valence-corrected chi connectivity index (χ2v) is 9.60. The number of carbonyl (C=O) groups is 2. The molecule has 2 aromatic carbocycles. The van der Waals surface area contributed by atoms with E-state index in [9.17, 15) is 9.59 Å². The van der Waals surface area contributed by atoms with Crippen molar-refractivity contribution >= 4 is 23.2 Å². The molecule has 1 fully saturated rings. The van der Waals surface area contributed by atoms with E-state index in [0.29, 0.717) is 17.7 Å². The Morgan fingerprint density at radius 2 is 1.97 bits per heavy atom. The predicted octanol–water partition coefficient (Wildman–Crippen LogP) is 4.23. The number of likely N-dealkylation sites (tertiary alicyclic amines) is 1. The summed E-state index contributed by atoms with van der Waals surface area (Å²) in [6, 6.07) is 11.8. The monoisotopic (exact) mass is 461 g/mol. The molecular formula is C26H27N3O3S. The first-order valence-corrected chi connectivity index (χ1v) is 12.3. The maximum absolute atomic E-state index is 12.7. The van der Waals surface area contributed by atoms with Crippen LogP contribution in [0.4, 0.5) is 0 Å². The number of ether oxygens (including phenoxy) is 1. The molecule has 1 aromatic heterocycles. The van der Waals surface area contributed by atoms with Crippen molar-refractivity contribution in [3.63, 3.8) is 0 Å². The second-order valence-electron chi connectivity index (χ2n) is 8.71. The molecule has 170 valence electrons. The molecule has 7 heteroatoms. The smallest absolute Gasteiger partial charge is 0.338 e. The highest BCUT2D eigenvalue weighted by Crippen LogP contribution is 2.26. The zero-order valence-electron chi connectivity index (χ0n) is 18.7. The lowest BCUT2D eigenvalue weighted by molar-refractivity contribution is 0.0534. The highest BCUT2D eigenvalue weighted by atomic mass is 32.1. The summed E-state index contributed by atoms with van der Waals surface area (Å²) in [4.78, 5) is 31.2. The summed E-state index contributed by atoms with van der Waals surface area (Å²) in [5.74, 6) is -0.219. The van der Waals surface area contributed by atoms with Crippen LogP contribution >= 0.6 is 11.3 Å². The van der Waals surface area contributed by atoms with Crippen molar-refractivity contribution in [2.75, 3.05) is 19.6 Å². The van der Waals surface area contributed by atoms with Gasteiger partial charge in [-0.15, -0.1) is 11.3 Å². The molecule has 0 bridgehead atoms. The van der Waals surface area contributed by atoms with E-state index in [1.54, 1.807) is 17.5 Å². The van der Waals surface area contributed by atoms with Crippen molar-refractivity contribution in [2.45, 2.75) is 38.8 Å². The Hall–Kier alpha value is -3.03. The van der Waals surface area contributed by atoms with E-state index in [-0.39, 0.29) is 17.9 Å². The summed E-state index contributed by atoms with van der Waals surface area (Å²) in [5.41, 5.74) is 5.94. The molecule has 5 rings (SSSR count). The van der Waals surface area contributed by atoms with Gasteiger partial charge in [-0.1, -0.05) is 18.2 Å². The zero-order chi connectivity index (χ0) is 22.8. The maximum Gasteiger partial charge on any atom is 0.338 e. The Balaban J connectivity index is 1.10. The Kier molecular flexibility index (Phi) is 6.24. The number of hydrogen-bond acceptors (Lipinski definition) is 6. The first kappa shape index (κ1) is 21.8. The summed E-state index contributed by atoms with van der Waals surface area (Å²) in [7, 11) is 0. The summed E-state index contributed by atoms with van der Waals surface area (Å²) in [6.07, 6.45) is 4.65. The average molecular weight is 462 g/mol. The molecule has 2 aliphatic rings. The summed E-state index contributed by atoms with van der Waals surface area (Å²) in [6.45, 7) is 5.40. The van der Waals surface area contributed by atoms with Crippen LogP contribution in [0.1, 0.15) is 50.2 Å². The van der Waals surface area contributed by atoms with Gasteiger partial charge >= 0.3 is 5.97 Å². The molecule has 6 nitrogen and oxygen atoms in total. The molecule has 1 amide bonds. The van der Waals surface area contributed by atoms with Crippen LogP contribution in [0.15, 0.2) is 48.0 Å².